The Morgan fingerprint density at radius 3 is 3.07 bits per heavy atom. The summed E-state index contributed by atoms with van der Waals surface area (Å²) >= 11 is 5.79. The molecule has 0 saturated heterocycles. The SMILES string of the molecule is COc1nc(Cl)cc2c1C(N)C(O)C2. The maximum atomic E-state index is 9.58. The predicted octanol–water partition coefficient (Wildman–Crippen LogP) is 0.660. The Balaban J connectivity index is 2.56. The number of methoxy groups -OCH3 is 1. The molecule has 5 heteroatoms. The van der Waals surface area contributed by atoms with E-state index in [1.165, 1.54) is 7.11 Å². The zero-order valence-corrected chi connectivity index (χ0v) is 8.45. The number of rotatable bonds is 1. The van der Waals surface area contributed by atoms with E-state index in [2.05, 4.69) is 4.98 Å². The second-order valence-electron chi connectivity index (χ2n) is 3.32. The second-order valence-corrected chi connectivity index (χ2v) is 3.71. The average molecular weight is 215 g/mol. The van der Waals surface area contributed by atoms with Crippen LogP contribution in [0.3, 0.4) is 0 Å². The molecular formula is C9H11ClN2O2. The molecule has 2 rings (SSSR count). The van der Waals surface area contributed by atoms with Crippen LogP contribution in [0.15, 0.2) is 6.07 Å². The summed E-state index contributed by atoms with van der Waals surface area (Å²) in [6, 6.07) is 1.29. The van der Waals surface area contributed by atoms with Gasteiger partial charge in [0.15, 0.2) is 0 Å². The molecule has 76 valence electrons. The Hall–Kier alpha value is -0.840. The molecule has 1 aliphatic rings. The first-order chi connectivity index (χ1) is 6.63. The Bertz CT molecular complexity index is 370. The van der Waals surface area contributed by atoms with E-state index in [9.17, 15) is 5.11 Å². The van der Waals surface area contributed by atoms with Crippen molar-refractivity contribution in [3.05, 3.63) is 22.3 Å². The summed E-state index contributed by atoms with van der Waals surface area (Å²) < 4.78 is 5.07. The molecule has 0 aliphatic heterocycles. The number of fused-ring (bicyclic) bond motifs is 1. The summed E-state index contributed by atoms with van der Waals surface area (Å²) in [5.74, 6) is 0.413. The zero-order chi connectivity index (χ0) is 10.3. The van der Waals surface area contributed by atoms with E-state index in [0.29, 0.717) is 17.5 Å². The first-order valence-corrected chi connectivity index (χ1v) is 4.68. The van der Waals surface area contributed by atoms with Crippen LogP contribution in [-0.2, 0) is 6.42 Å². The number of hydrogen-bond acceptors (Lipinski definition) is 4. The van der Waals surface area contributed by atoms with Gasteiger partial charge < -0.3 is 15.6 Å². The van der Waals surface area contributed by atoms with Crippen LogP contribution in [0.5, 0.6) is 5.88 Å². The zero-order valence-electron chi connectivity index (χ0n) is 7.70. The van der Waals surface area contributed by atoms with Gasteiger partial charge in [0.05, 0.1) is 19.3 Å². The number of aliphatic hydroxyl groups is 1. The molecular weight excluding hydrogens is 204 g/mol. The van der Waals surface area contributed by atoms with Gasteiger partial charge in [-0.2, -0.15) is 0 Å². The van der Waals surface area contributed by atoms with Crippen molar-refractivity contribution in [2.75, 3.05) is 7.11 Å². The average Bonchev–Trinajstić information content (AvgIpc) is 2.41. The number of halogens is 1. The van der Waals surface area contributed by atoms with E-state index in [0.717, 1.165) is 11.1 Å². The fraction of sp³-hybridized carbons (Fsp3) is 0.444. The van der Waals surface area contributed by atoms with Crippen LogP contribution in [0.4, 0.5) is 0 Å². The first-order valence-electron chi connectivity index (χ1n) is 4.30. The highest BCUT2D eigenvalue weighted by molar-refractivity contribution is 6.29. The number of nitrogens with two attached hydrogens (primary N) is 1. The largest absolute Gasteiger partial charge is 0.481 e. The van der Waals surface area contributed by atoms with Crippen LogP contribution >= 0.6 is 11.6 Å². The van der Waals surface area contributed by atoms with Crippen LogP contribution in [0.1, 0.15) is 17.2 Å². The summed E-state index contributed by atoms with van der Waals surface area (Å²) in [5.41, 5.74) is 7.49. The van der Waals surface area contributed by atoms with Gasteiger partial charge in [0.25, 0.3) is 0 Å². The molecule has 1 heterocycles. The molecule has 2 atom stereocenters. The summed E-state index contributed by atoms with van der Waals surface area (Å²) in [6.45, 7) is 0. The summed E-state index contributed by atoms with van der Waals surface area (Å²) in [4.78, 5) is 4.00. The first kappa shape index (κ1) is 9.71. The van der Waals surface area contributed by atoms with Gasteiger partial charge in [-0.1, -0.05) is 11.6 Å². The molecule has 1 aromatic heterocycles. The molecule has 3 N–H and O–H groups in total. The smallest absolute Gasteiger partial charge is 0.219 e. The Kier molecular flexibility index (Phi) is 2.34. The molecule has 1 aromatic rings. The van der Waals surface area contributed by atoms with Crippen molar-refractivity contribution >= 4 is 11.6 Å². The predicted molar refractivity (Wildman–Crippen MR) is 52.4 cm³/mol. The number of aromatic nitrogens is 1. The minimum Gasteiger partial charge on any atom is -0.481 e. The molecule has 0 fully saturated rings. The van der Waals surface area contributed by atoms with E-state index >= 15 is 0 Å². The highest BCUT2D eigenvalue weighted by atomic mass is 35.5. The molecule has 4 nitrogen and oxygen atoms in total. The lowest BCUT2D eigenvalue weighted by molar-refractivity contribution is 0.157. The van der Waals surface area contributed by atoms with Crippen molar-refractivity contribution in [1.29, 1.82) is 0 Å². The second kappa shape index (κ2) is 3.38. The molecule has 0 radical (unpaired) electrons. The van der Waals surface area contributed by atoms with Crippen molar-refractivity contribution in [3.8, 4) is 5.88 Å². The van der Waals surface area contributed by atoms with Gasteiger partial charge in [-0.25, -0.2) is 4.98 Å². The molecule has 0 spiro atoms. The summed E-state index contributed by atoms with van der Waals surface area (Å²) in [6.07, 6.45) is -0.0612. The van der Waals surface area contributed by atoms with Crippen molar-refractivity contribution in [3.63, 3.8) is 0 Å². The Labute approximate surface area is 86.7 Å². The van der Waals surface area contributed by atoms with E-state index in [1.54, 1.807) is 6.07 Å². The van der Waals surface area contributed by atoms with E-state index < -0.39 is 12.1 Å². The third-order valence-corrected chi connectivity index (χ3v) is 2.64. The third kappa shape index (κ3) is 1.35. The van der Waals surface area contributed by atoms with Gasteiger partial charge in [0.1, 0.15) is 5.15 Å². The Morgan fingerprint density at radius 2 is 2.43 bits per heavy atom. The van der Waals surface area contributed by atoms with Crippen LogP contribution in [0, 0.1) is 0 Å². The van der Waals surface area contributed by atoms with Crippen molar-refractivity contribution in [2.45, 2.75) is 18.6 Å². The molecule has 0 saturated carbocycles. The number of nitrogens with zero attached hydrogens (tertiary/aromatic N) is 1. The van der Waals surface area contributed by atoms with Gasteiger partial charge in [-0.05, 0) is 11.6 Å². The molecule has 2 unspecified atom stereocenters. The lowest BCUT2D eigenvalue weighted by Crippen LogP contribution is -2.21. The monoisotopic (exact) mass is 214 g/mol. The van der Waals surface area contributed by atoms with Gasteiger partial charge >= 0.3 is 0 Å². The fourth-order valence-electron chi connectivity index (χ4n) is 1.77. The molecule has 0 aromatic carbocycles. The number of aliphatic hydroxyl groups excluding tert-OH is 1. The van der Waals surface area contributed by atoms with Crippen LogP contribution in [-0.4, -0.2) is 23.3 Å². The van der Waals surface area contributed by atoms with E-state index in [4.69, 9.17) is 22.1 Å². The lowest BCUT2D eigenvalue weighted by atomic mass is 10.1. The molecule has 0 amide bonds. The van der Waals surface area contributed by atoms with Crippen molar-refractivity contribution < 1.29 is 9.84 Å². The molecule has 1 aliphatic carbocycles. The number of hydrogen-bond donors (Lipinski definition) is 2. The fourth-order valence-corrected chi connectivity index (χ4v) is 1.98. The quantitative estimate of drug-likeness (QED) is 0.674. The number of ether oxygens (including phenoxy) is 1. The van der Waals surface area contributed by atoms with Crippen molar-refractivity contribution in [1.82, 2.24) is 4.98 Å². The van der Waals surface area contributed by atoms with Gasteiger partial charge in [0, 0.05) is 12.0 Å². The van der Waals surface area contributed by atoms with Crippen LogP contribution < -0.4 is 10.5 Å². The summed E-state index contributed by atoms with van der Waals surface area (Å²) in [5, 5.41) is 9.94. The van der Waals surface area contributed by atoms with E-state index in [-0.39, 0.29) is 0 Å². The minimum atomic E-state index is -0.570. The van der Waals surface area contributed by atoms with Gasteiger partial charge in [0.2, 0.25) is 5.88 Å². The van der Waals surface area contributed by atoms with Gasteiger partial charge in [-0.15, -0.1) is 0 Å². The third-order valence-electron chi connectivity index (χ3n) is 2.45. The standard InChI is InChI=1S/C9H11ClN2O2/c1-14-9-7-4(3-6(10)12-9)2-5(13)8(7)11/h3,5,8,13H,2,11H2,1H3. The maximum absolute atomic E-state index is 9.58. The van der Waals surface area contributed by atoms with Crippen LogP contribution in [0.25, 0.3) is 0 Å². The topological polar surface area (TPSA) is 68.4 Å². The minimum absolute atomic E-state index is 0.363. The lowest BCUT2D eigenvalue weighted by Gasteiger charge is -2.11. The normalized spacial score (nSPS) is 24.9. The maximum Gasteiger partial charge on any atom is 0.219 e. The van der Waals surface area contributed by atoms with Crippen LogP contribution in [0.2, 0.25) is 5.15 Å². The van der Waals surface area contributed by atoms with Gasteiger partial charge in [-0.3, -0.25) is 0 Å². The number of pyridine rings is 1. The van der Waals surface area contributed by atoms with Crippen molar-refractivity contribution in [2.24, 2.45) is 5.73 Å². The summed E-state index contributed by atoms with van der Waals surface area (Å²) in [7, 11) is 1.51. The highest BCUT2D eigenvalue weighted by Crippen LogP contribution is 2.36. The molecule has 0 bridgehead atoms. The Morgan fingerprint density at radius 1 is 1.71 bits per heavy atom. The molecule has 14 heavy (non-hydrogen) atoms. The highest BCUT2D eigenvalue weighted by Gasteiger charge is 2.32. The van der Waals surface area contributed by atoms with E-state index in [1.807, 2.05) is 0 Å².